The average Bonchev–Trinajstić information content (AvgIpc) is 3.21. The summed E-state index contributed by atoms with van der Waals surface area (Å²) in [5, 5.41) is 8.63. The number of alkyl halides is 3. The van der Waals surface area contributed by atoms with Gasteiger partial charge in [0.25, 0.3) is 0 Å². The number of nitrogens with one attached hydrogen (secondary N) is 1. The molecule has 0 saturated heterocycles. The van der Waals surface area contributed by atoms with Gasteiger partial charge in [0.2, 0.25) is 5.91 Å². The maximum absolute atomic E-state index is 12.9. The zero-order valence-electron chi connectivity index (χ0n) is 13.5. The normalized spacial score (nSPS) is 16.1. The third kappa shape index (κ3) is 3.82. The van der Waals surface area contributed by atoms with Crippen molar-refractivity contribution >= 4 is 28.8 Å². The van der Waals surface area contributed by atoms with E-state index < -0.39 is 28.8 Å². The largest absolute Gasteiger partial charge is 0.436 e. The van der Waals surface area contributed by atoms with E-state index in [2.05, 4.69) is 15.4 Å². The van der Waals surface area contributed by atoms with Crippen molar-refractivity contribution in [2.45, 2.75) is 51.4 Å². The van der Waals surface area contributed by atoms with Crippen LogP contribution in [-0.4, -0.2) is 20.7 Å². The van der Waals surface area contributed by atoms with Gasteiger partial charge in [-0.25, -0.2) is 4.98 Å². The molecule has 5 nitrogen and oxygen atoms in total. The molecule has 1 aliphatic rings. The number of amides is 1. The van der Waals surface area contributed by atoms with Crippen molar-refractivity contribution in [2.24, 2.45) is 0 Å². The summed E-state index contributed by atoms with van der Waals surface area (Å²) in [7, 11) is 0. The summed E-state index contributed by atoms with van der Waals surface area (Å²) in [6.07, 6.45) is -2.36. The summed E-state index contributed by atoms with van der Waals surface area (Å²) in [4.78, 5) is 16.7. The summed E-state index contributed by atoms with van der Waals surface area (Å²) in [5.41, 5.74) is -0.333. The first-order chi connectivity index (χ1) is 11.7. The molecule has 0 aliphatic heterocycles. The summed E-state index contributed by atoms with van der Waals surface area (Å²) in [5.74, 6) is 0.0972. The fraction of sp³-hybridized carbons (Fsp3) is 0.533. The standard InChI is InChI=1S/C15H16ClF3N4OS/c1-7-11(16)12(15(17,18)19)22-23(7)8(2)13(24)20-5-10-6-25-14(21-10)9-3-4-9/h6,8-9H,3-5H2,1-2H3,(H,20,24). The van der Waals surface area contributed by atoms with Gasteiger partial charge in [0.05, 0.1) is 28.0 Å². The molecule has 1 N–H and O–H groups in total. The molecule has 0 radical (unpaired) electrons. The molecule has 1 saturated carbocycles. The van der Waals surface area contributed by atoms with Crippen LogP contribution in [0.5, 0.6) is 0 Å². The van der Waals surface area contributed by atoms with Gasteiger partial charge >= 0.3 is 6.18 Å². The monoisotopic (exact) mass is 392 g/mol. The SMILES string of the molecule is Cc1c(Cl)c(C(F)(F)F)nn1C(C)C(=O)NCc1csc(C2CC2)n1. The van der Waals surface area contributed by atoms with Gasteiger partial charge in [-0.1, -0.05) is 11.6 Å². The highest BCUT2D eigenvalue weighted by atomic mass is 35.5. The molecule has 0 bridgehead atoms. The topological polar surface area (TPSA) is 59.8 Å². The molecule has 0 spiro atoms. The average molecular weight is 393 g/mol. The third-order valence-electron chi connectivity index (χ3n) is 4.03. The van der Waals surface area contributed by atoms with Crippen LogP contribution in [0.2, 0.25) is 5.02 Å². The summed E-state index contributed by atoms with van der Waals surface area (Å²) in [6, 6.07) is -0.921. The van der Waals surface area contributed by atoms with Gasteiger partial charge in [-0.15, -0.1) is 11.3 Å². The third-order valence-corrected chi connectivity index (χ3v) is 5.54. The number of halogens is 4. The molecule has 2 heterocycles. The lowest BCUT2D eigenvalue weighted by atomic mass is 10.3. The highest BCUT2D eigenvalue weighted by Gasteiger charge is 2.39. The Kier molecular flexibility index (Phi) is 4.80. The molecule has 25 heavy (non-hydrogen) atoms. The predicted molar refractivity (Wildman–Crippen MR) is 87.6 cm³/mol. The van der Waals surface area contributed by atoms with Crippen molar-refractivity contribution in [3.63, 3.8) is 0 Å². The minimum Gasteiger partial charge on any atom is -0.349 e. The minimum absolute atomic E-state index is 0.0984. The van der Waals surface area contributed by atoms with Crippen molar-refractivity contribution in [1.82, 2.24) is 20.1 Å². The van der Waals surface area contributed by atoms with Crippen LogP contribution in [-0.2, 0) is 17.5 Å². The lowest BCUT2D eigenvalue weighted by molar-refractivity contribution is -0.141. The van der Waals surface area contributed by atoms with Crippen LogP contribution in [0.3, 0.4) is 0 Å². The molecule has 136 valence electrons. The number of aromatic nitrogens is 3. The maximum Gasteiger partial charge on any atom is 0.436 e. The molecule has 1 unspecified atom stereocenters. The van der Waals surface area contributed by atoms with Crippen molar-refractivity contribution in [2.75, 3.05) is 0 Å². The molecule has 3 rings (SSSR count). The van der Waals surface area contributed by atoms with E-state index in [-0.39, 0.29) is 12.2 Å². The Balaban J connectivity index is 1.67. The Bertz CT molecular complexity index is 797. The predicted octanol–water partition coefficient (Wildman–Crippen LogP) is 4.08. The molecule has 1 amide bonds. The van der Waals surface area contributed by atoms with Crippen LogP contribution >= 0.6 is 22.9 Å². The molecule has 1 aliphatic carbocycles. The zero-order valence-corrected chi connectivity index (χ0v) is 15.1. The van der Waals surface area contributed by atoms with E-state index in [0.29, 0.717) is 5.92 Å². The number of nitrogens with zero attached hydrogens (tertiary/aromatic N) is 3. The summed E-state index contributed by atoms with van der Waals surface area (Å²) in [6.45, 7) is 3.10. The van der Waals surface area contributed by atoms with Crippen molar-refractivity contribution in [3.05, 3.63) is 32.5 Å². The molecular weight excluding hydrogens is 377 g/mol. The Morgan fingerprint density at radius 3 is 2.76 bits per heavy atom. The molecule has 0 aromatic carbocycles. The first-order valence-corrected chi connectivity index (χ1v) is 8.98. The molecule has 10 heteroatoms. The van der Waals surface area contributed by atoms with Gasteiger partial charge in [-0.05, 0) is 26.7 Å². The van der Waals surface area contributed by atoms with E-state index >= 15 is 0 Å². The van der Waals surface area contributed by atoms with E-state index in [4.69, 9.17) is 11.6 Å². The minimum atomic E-state index is -4.66. The highest BCUT2D eigenvalue weighted by Crippen LogP contribution is 2.41. The first kappa shape index (κ1) is 18.2. The number of thiazole rings is 1. The lowest BCUT2D eigenvalue weighted by Gasteiger charge is -2.14. The van der Waals surface area contributed by atoms with E-state index in [1.807, 2.05) is 5.38 Å². The second-order valence-electron chi connectivity index (χ2n) is 6.04. The fourth-order valence-electron chi connectivity index (χ4n) is 2.41. The van der Waals surface area contributed by atoms with Crippen LogP contribution in [0.25, 0.3) is 0 Å². The summed E-state index contributed by atoms with van der Waals surface area (Å²) >= 11 is 7.28. The van der Waals surface area contributed by atoms with Crippen LogP contribution in [0, 0.1) is 6.92 Å². The number of carbonyl (C=O) groups is 1. The van der Waals surface area contributed by atoms with E-state index in [1.165, 1.54) is 13.8 Å². The smallest absolute Gasteiger partial charge is 0.349 e. The summed E-state index contributed by atoms with van der Waals surface area (Å²) < 4.78 is 39.6. The molecule has 1 fully saturated rings. The number of carbonyl (C=O) groups excluding carboxylic acids is 1. The Hall–Kier alpha value is -1.61. The number of rotatable bonds is 5. The quantitative estimate of drug-likeness (QED) is 0.834. The second kappa shape index (κ2) is 6.60. The molecule has 2 aromatic heterocycles. The number of hydrogen-bond donors (Lipinski definition) is 1. The highest BCUT2D eigenvalue weighted by molar-refractivity contribution is 7.09. The van der Waals surface area contributed by atoms with Crippen LogP contribution in [0.15, 0.2) is 5.38 Å². The van der Waals surface area contributed by atoms with Crippen LogP contribution in [0.4, 0.5) is 13.2 Å². The van der Waals surface area contributed by atoms with Gasteiger partial charge in [0, 0.05) is 11.3 Å². The van der Waals surface area contributed by atoms with E-state index in [1.54, 1.807) is 11.3 Å². The molecular formula is C15H16ClF3N4OS. The maximum atomic E-state index is 12.9. The van der Waals surface area contributed by atoms with Gasteiger partial charge in [-0.2, -0.15) is 18.3 Å². The van der Waals surface area contributed by atoms with Crippen LogP contribution < -0.4 is 5.32 Å². The van der Waals surface area contributed by atoms with Gasteiger partial charge in [0.15, 0.2) is 5.69 Å². The Labute approximate surface area is 151 Å². The van der Waals surface area contributed by atoms with Gasteiger partial charge < -0.3 is 5.32 Å². The fourth-order valence-corrected chi connectivity index (χ4v) is 3.64. The van der Waals surface area contributed by atoms with E-state index in [9.17, 15) is 18.0 Å². The van der Waals surface area contributed by atoms with Crippen molar-refractivity contribution < 1.29 is 18.0 Å². The second-order valence-corrected chi connectivity index (χ2v) is 7.30. The van der Waals surface area contributed by atoms with Crippen LogP contribution in [0.1, 0.15) is 53.8 Å². The van der Waals surface area contributed by atoms with Crippen molar-refractivity contribution in [1.29, 1.82) is 0 Å². The molecule has 1 atom stereocenters. The Morgan fingerprint density at radius 2 is 2.20 bits per heavy atom. The Morgan fingerprint density at radius 1 is 1.52 bits per heavy atom. The number of hydrogen-bond acceptors (Lipinski definition) is 4. The lowest BCUT2D eigenvalue weighted by Crippen LogP contribution is -2.31. The van der Waals surface area contributed by atoms with Gasteiger partial charge in [-0.3, -0.25) is 9.48 Å². The van der Waals surface area contributed by atoms with Crippen molar-refractivity contribution in [3.8, 4) is 0 Å². The zero-order chi connectivity index (χ0) is 18.4. The molecule has 2 aromatic rings. The van der Waals surface area contributed by atoms with Gasteiger partial charge in [0.1, 0.15) is 6.04 Å². The first-order valence-electron chi connectivity index (χ1n) is 7.72. The van der Waals surface area contributed by atoms with E-state index in [0.717, 1.165) is 28.2 Å².